The summed E-state index contributed by atoms with van der Waals surface area (Å²) in [5, 5.41) is 3.49. The largest absolute Gasteiger partial charge is 0.417 e. The molecule has 70 heavy (non-hydrogen) atoms. The Morgan fingerprint density at radius 1 is 0.314 bits per heavy atom. The van der Waals surface area contributed by atoms with Crippen LogP contribution in [0.1, 0.15) is 11.1 Å². The second kappa shape index (κ2) is 16.4. The smallest absolute Gasteiger partial charge is 0.309 e. The summed E-state index contributed by atoms with van der Waals surface area (Å²) in [4.78, 5) is 15.3. The maximum atomic E-state index is 14.6. The molecule has 3 heterocycles. The van der Waals surface area contributed by atoms with E-state index in [1.54, 1.807) is 12.1 Å². The van der Waals surface area contributed by atoms with Gasteiger partial charge in [-0.1, -0.05) is 140 Å². The number of para-hydroxylation sites is 3. The summed E-state index contributed by atoms with van der Waals surface area (Å²) >= 11 is 0. The Balaban J connectivity index is 1.11. The molecule has 0 saturated carbocycles. The van der Waals surface area contributed by atoms with Crippen molar-refractivity contribution in [3.63, 3.8) is 0 Å². The maximum Gasteiger partial charge on any atom is 0.417 e. The van der Waals surface area contributed by atoms with Gasteiger partial charge in [0.2, 0.25) is 0 Å². The van der Waals surface area contributed by atoms with E-state index in [9.17, 15) is 26.3 Å². The minimum atomic E-state index is -5.05. The first kappa shape index (κ1) is 42.5. The number of rotatable bonds is 7. The van der Waals surface area contributed by atoms with Crippen LogP contribution in [0, 0.1) is 0 Å². The number of benzene rings is 9. The van der Waals surface area contributed by atoms with Gasteiger partial charge in [0.1, 0.15) is 0 Å². The van der Waals surface area contributed by atoms with Crippen molar-refractivity contribution in [3.8, 4) is 67.8 Å². The van der Waals surface area contributed by atoms with E-state index in [0.29, 0.717) is 45.7 Å². The highest BCUT2D eigenvalue weighted by Gasteiger charge is 2.38. The van der Waals surface area contributed by atoms with E-state index in [4.69, 9.17) is 15.0 Å². The van der Waals surface area contributed by atoms with Gasteiger partial charge in [0.05, 0.1) is 38.9 Å². The minimum absolute atomic E-state index is 0.119. The molecule has 0 aliphatic rings. The van der Waals surface area contributed by atoms with Gasteiger partial charge in [-0.3, -0.25) is 0 Å². The van der Waals surface area contributed by atoms with Crippen molar-refractivity contribution in [1.29, 1.82) is 0 Å². The van der Waals surface area contributed by atoms with Crippen LogP contribution in [0.2, 0.25) is 0 Å². The fourth-order valence-corrected chi connectivity index (χ4v) is 9.63. The van der Waals surface area contributed by atoms with Crippen LogP contribution >= 0.6 is 0 Å². The van der Waals surface area contributed by atoms with Crippen molar-refractivity contribution in [3.05, 3.63) is 223 Å². The molecule has 0 atom stereocenters. The van der Waals surface area contributed by atoms with Gasteiger partial charge >= 0.3 is 12.4 Å². The number of aromatic nitrogens is 5. The number of hydrogen-bond donors (Lipinski definition) is 0. The molecule has 0 unspecified atom stereocenters. The molecular formula is C59H35F6N5. The molecule has 0 spiro atoms. The lowest BCUT2D eigenvalue weighted by Crippen LogP contribution is -2.12. The van der Waals surface area contributed by atoms with Crippen LogP contribution in [0.15, 0.2) is 212 Å². The van der Waals surface area contributed by atoms with Gasteiger partial charge in [0.15, 0.2) is 17.5 Å². The predicted octanol–water partition coefficient (Wildman–Crippen LogP) is 16.4. The molecular weight excluding hydrogens is 893 g/mol. The van der Waals surface area contributed by atoms with Crippen molar-refractivity contribution < 1.29 is 26.3 Å². The number of hydrogen-bond acceptors (Lipinski definition) is 3. The number of fused-ring (bicyclic) bond motifs is 6. The van der Waals surface area contributed by atoms with Crippen LogP contribution in [0.5, 0.6) is 0 Å². The van der Waals surface area contributed by atoms with Crippen LogP contribution < -0.4 is 0 Å². The summed E-state index contributed by atoms with van der Waals surface area (Å²) < 4.78 is 89.1. The van der Waals surface area contributed by atoms with Crippen molar-refractivity contribution in [2.75, 3.05) is 0 Å². The third kappa shape index (κ3) is 7.34. The van der Waals surface area contributed by atoms with Crippen molar-refractivity contribution in [2.24, 2.45) is 0 Å². The molecule has 12 aromatic rings. The average Bonchev–Trinajstić information content (AvgIpc) is 3.90. The summed E-state index contributed by atoms with van der Waals surface area (Å²) in [6, 6.07) is 64.6. The van der Waals surface area contributed by atoms with Crippen LogP contribution in [0.3, 0.4) is 0 Å². The second-order valence-corrected chi connectivity index (χ2v) is 17.0. The van der Waals surface area contributed by atoms with Crippen LogP contribution in [0.4, 0.5) is 26.3 Å². The van der Waals surface area contributed by atoms with Gasteiger partial charge in [0.25, 0.3) is 0 Å². The standard InChI is InChI=1S/C59H35F6N5/c60-58(61,62)41-27-28-43(49(35-41)59(63,64)65)40-26-31-53-47(34-40)45-21-11-13-23-51(45)70(53)54-30-25-39(38-24-29-52-46(32-38)44-20-10-12-22-50(44)69(52)42-18-8-3-9-19-42)33-48(54)57-67-55(36-14-4-1-5-15-36)66-56(68-57)37-16-6-2-7-17-37/h1-35H. The summed E-state index contributed by atoms with van der Waals surface area (Å²) in [6.45, 7) is 0. The molecule has 12 rings (SSSR count). The van der Waals surface area contributed by atoms with E-state index in [2.05, 4.69) is 53.1 Å². The molecule has 0 aliphatic heterocycles. The van der Waals surface area contributed by atoms with E-state index in [1.807, 2.05) is 132 Å². The van der Waals surface area contributed by atoms with E-state index in [0.717, 1.165) is 66.7 Å². The Bertz CT molecular complexity index is 3910. The quantitative estimate of drug-likeness (QED) is 0.150. The highest BCUT2D eigenvalue weighted by molar-refractivity contribution is 6.12. The Hall–Kier alpha value is -8.83. The SMILES string of the molecule is FC(F)(F)c1ccc(-c2ccc3c(c2)c2ccccc2n3-c2ccc(-c3ccc4c(c3)c3ccccc3n4-c3ccccc3)cc2-c2nc(-c3ccccc3)nc(-c3ccccc3)n2)c(C(F)(F)F)c1. The zero-order valence-electron chi connectivity index (χ0n) is 36.7. The lowest BCUT2D eigenvalue weighted by molar-refractivity contribution is -0.142. The normalized spacial score (nSPS) is 12.1. The van der Waals surface area contributed by atoms with Gasteiger partial charge in [-0.2, -0.15) is 26.3 Å². The molecule has 0 aliphatic carbocycles. The molecule has 338 valence electrons. The van der Waals surface area contributed by atoms with Crippen molar-refractivity contribution >= 4 is 43.6 Å². The van der Waals surface area contributed by atoms with Gasteiger partial charge in [-0.05, 0) is 95.1 Å². The lowest BCUT2D eigenvalue weighted by Gasteiger charge is -2.17. The number of nitrogens with zero attached hydrogens (tertiary/aromatic N) is 5. The van der Waals surface area contributed by atoms with Crippen molar-refractivity contribution in [2.45, 2.75) is 12.4 Å². The first-order chi connectivity index (χ1) is 34.0. The lowest BCUT2D eigenvalue weighted by atomic mass is 9.95. The molecule has 0 N–H and O–H groups in total. The highest BCUT2D eigenvalue weighted by Crippen LogP contribution is 2.44. The van der Waals surface area contributed by atoms with Crippen LogP contribution in [-0.4, -0.2) is 24.1 Å². The second-order valence-electron chi connectivity index (χ2n) is 17.0. The van der Waals surface area contributed by atoms with E-state index in [1.165, 1.54) is 6.07 Å². The first-order valence-corrected chi connectivity index (χ1v) is 22.4. The van der Waals surface area contributed by atoms with E-state index in [-0.39, 0.29) is 17.2 Å². The summed E-state index contributed by atoms with van der Waals surface area (Å²) in [7, 11) is 0. The molecule has 3 aromatic heterocycles. The molecule has 0 amide bonds. The Kier molecular flexibility index (Phi) is 9.99. The third-order valence-corrected chi connectivity index (χ3v) is 12.8. The maximum absolute atomic E-state index is 14.6. The molecule has 0 fully saturated rings. The topological polar surface area (TPSA) is 48.5 Å². The van der Waals surface area contributed by atoms with E-state index < -0.39 is 23.5 Å². The van der Waals surface area contributed by atoms with Crippen LogP contribution in [0.25, 0.3) is 111 Å². The monoisotopic (exact) mass is 927 g/mol. The fraction of sp³-hybridized carbons (Fsp3) is 0.0339. The van der Waals surface area contributed by atoms with Gasteiger partial charge < -0.3 is 9.13 Å². The fourth-order valence-electron chi connectivity index (χ4n) is 9.63. The number of alkyl halides is 6. The van der Waals surface area contributed by atoms with Crippen LogP contribution in [-0.2, 0) is 12.4 Å². The molecule has 11 heteroatoms. The zero-order chi connectivity index (χ0) is 47.7. The van der Waals surface area contributed by atoms with Gasteiger partial charge in [0, 0.05) is 43.9 Å². The van der Waals surface area contributed by atoms with Gasteiger partial charge in [-0.25, -0.2) is 15.0 Å². The third-order valence-electron chi connectivity index (χ3n) is 12.8. The average molecular weight is 928 g/mol. The minimum Gasteiger partial charge on any atom is -0.309 e. The van der Waals surface area contributed by atoms with E-state index >= 15 is 0 Å². The predicted molar refractivity (Wildman–Crippen MR) is 266 cm³/mol. The Morgan fingerprint density at radius 3 is 1.39 bits per heavy atom. The summed E-state index contributed by atoms with van der Waals surface area (Å²) in [5.41, 5.74) is 6.29. The molecule has 0 bridgehead atoms. The molecule has 5 nitrogen and oxygen atoms in total. The van der Waals surface area contributed by atoms with Gasteiger partial charge in [-0.15, -0.1) is 0 Å². The highest BCUT2D eigenvalue weighted by atomic mass is 19.4. The molecule has 9 aromatic carbocycles. The summed E-state index contributed by atoms with van der Waals surface area (Å²) in [5.74, 6) is 1.30. The molecule has 0 saturated heterocycles. The first-order valence-electron chi connectivity index (χ1n) is 22.4. The Morgan fingerprint density at radius 2 is 0.786 bits per heavy atom. The number of halogens is 6. The summed E-state index contributed by atoms with van der Waals surface area (Å²) in [6.07, 6.45) is -10.0. The molecule has 0 radical (unpaired) electrons. The van der Waals surface area contributed by atoms with Crippen molar-refractivity contribution in [1.82, 2.24) is 24.1 Å². The Labute approximate surface area is 396 Å². The zero-order valence-corrected chi connectivity index (χ0v) is 36.7.